The third-order valence-electron chi connectivity index (χ3n) is 6.21. The van der Waals surface area contributed by atoms with Crippen molar-refractivity contribution in [2.24, 2.45) is 0 Å². The van der Waals surface area contributed by atoms with Gasteiger partial charge in [-0.3, -0.25) is 9.69 Å². The van der Waals surface area contributed by atoms with E-state index >= 15 is 0 Å². The highest BCUT2D eigenvalue weighted by atomic mass is 19.3. The fourth-order valence-corrected chi connectivity index (χ4v) is 4.06. The standard InChI is InChI=1S/C25H25F3N4O4/c1-16(24(34)30-23-7-6-21(13-29-23)36-20-4-2-18(26)3-5-20)31-11-9-25(27,28)22(14-31)17-8-10-32(35)19(12-17)15-33/h2-8,10,12-13,16,22,33H,9,11,14-15H2,1H3,(H,29,30,34)/t16?,22-/m1/s1. The number of rotatable bonds is 7. The summed E-state index contributed by atoms with van der Waals surface area (Å²) in [6.45, 7) is 0.959. The van der Waals surface area contributed by atoms with E-state index in [2.05, 4.69) is 10.3 Å². The summed E-state index contributed by atoms with van der Waals surface area (Å²) < 4.78 is 48.6. The maximum Gasteiger partial charge on any atom is 0.257 e. The van der Waals surface area contributed by atoms with Crippen molar-refractivity contribution in [2.75, 3.05) is 18.4 Å². The summed E-state index contributed by atoms with van der Waals surface area (Å²) in [4.78, 5) is 18.6. The first-order valence-electron chi connectivity index (χ1n) is 11.3. The molecule has 1 saturated heterocycles. The average molecular weight is 502 g/mol. The lowest BCUT2D eigenvalue weighted by molar-refractivity contribution is -0.616. The Morgan fingerprint density at radius 3 is 2.67 bits per heavy atom. The van der Waals surface area contributed by atoms with E-state index in [0.29, 0.717) is 16.2 Å². The molecule has 1 aromatic carbocycles. The molecule has 1 aliphatic rings. The number of amides is 1. The molecule has 3 aromatic rings. The average Bonchev–Trinajstić information content (AvgIpc) is 2.86. The maximum absolute atomic E-state index is 14.8. The van der Waals surface area contributed by atoms with E-state index < -0.39 is 36.8 Å². The lowest BCUT2D eigenvalue weighted by Gasteiger charge is -2.40. The summed E-state index contributed by atoms with van der Waals surface area (Å²) in [7, 11) is 0. The van der Waals surface area contributed by atoms with E-state index in [9.17, 15) is 28.3 Å². The number of nitrogens with one attached hydrogen (secondary N) is 1. The van der Waals surface area contributed by atoms with Crippen molar-refractivity contribution in [2.45, 2.75) is 37.8 Å². The van der Waals surface area contributed by atoms with Crippen molar-refractivity contribution < 1.29 is 32.5 Å². The molecule has 0 radical (unpaired) electrons. The number of carbonyl (C=O) groups excluding carboxylic acids is 1. The van der Waals surface area contributed by atoms with E-state index in [0.717, 1.165) is 6.20 Å². The van der Waals surface area contributed by atoms with Crippen molar-refractivity contribution in [1.29, 1.82) is 0 Å². The Bertz CT molecular complexity index is 1210. The molecule has 3 heterocycles. The van der Waals surface area contributed by atoms with Gasteiger partial charge in [-0.05, 0) is 48.9 Å². The number of anilines is 1. The van der Waals surface area contributed by atoms with Crippen molar-refractivity contribution in [1.82, 2.24) is 9.88 Å². The molecule has 8 nitrogen and oxygen atoms in total. The van der Waals surface area contributed by atoms with Gasteiger partial charge in [-0.15, -0.1) is 0 Å². The summed E-state index contributed by atoms with van der Waals surface area (Å²) >= 11 is 0. The van der Waals surface area contributed by atoms with Crippen LogP contribution in [0.1, 0.15) is 30.5 Å². The number of benzene rings is 1. The van der Waals surface area contributed by atoms with Crippen molar-refractivity contribution in [3.05, 3.63) is 83.2 Å². The summed E-state index contributed by atoms with van der Waals surface area (Å²) in [6.07, 6.45) is 2.04. The number of pyridine rings is 2. The fraction of sp³-hybridized carbons (Fsp3) is 0.320. The van der Waals surface area contributed by atoms with E-state index in [-0.39, 0.29) is 36.0 Å². The number of nitrogens with zero attached hydrogens (tertiary/aromatic N) is 3. The lowest BCUT2D eigenvalue weighted by Crippen LogP contribution is -2.52. The van der Waals surface area contributed by atoms with Gasteiger partial charge in [0.05, 0.1) is 18.2 Å². The second kappa shape index (κ2) is 10.5. The van der Waals surface area contributed by atoms with Crippen LogP contribution in [0.3, 0.4) is 0 Å². The third-order valence-corrected chi connectivity index (χ3v) is 6.21. The molecule has 2 N–H and O–H groups in total. The van der Waals surface area contributed by atoms with Gasteiger partial charge in [-0.2, -0.15) is 4.73 Å². The van der Waals surface area contributed by atoms with Crippen LogP contribution in [0.2, 0.25) is 0 Å². The van der Waals surface area contributed by atoms with E-state index in [1.807, 2.05) is 0 Å². The minimum atomic E-state index is -3.03. The molecule has 0 spiro atoms. The molecule has 4 rings (SSSR count). The quantitative estimate of drug-likeness (QED) is 0.378. The fourth-order valence-electron chi connectivity index (χ4n) is 4.06. The number of alkyl halides is 2. The summed E-state index contributed by atoms with van der Waals surface area (Å²) in [5.41, 5.74) is 0.205. The number of hydrogen-bond donors (Lipinski definition) is 2. The minimum Gasteiger partial charge on any atom is -0.618 e. The Hall–Kier alpha value is -3.70. The minimum absolute atomic E-state index is 0.0111. The van der Waals surface area contributed by atoms with Crippen molar-refractivity contribution in [3.8, 4) is 11.5 Å². The van der Waals surface area contributed by atoms with Crippen LogP contribution in [-0.4, -0.2) is 46.0 Å². The predicted octanol–water partition coefficient (Wildman–Crippen LogP) is 3.59. The zero-order valence-electron chi connectivity index (χ0n) is 19.4. The molecule has 0 aliphatic carbocycles. The summed E-state index contributed by atoms with van der Waals surface area (Å²) in [5, 5.41) is 23.7. The van der Waals surface area contributed by atoms with Crippen LogP contribution in [0.25, 0.3) is 0 Å². The van der Waals surface area contributed by atoms with Gasteiger partial charge in [0.1, 0.15) is 29.7 Å². The number of aromatic nitrogens is 2. The van der Waals surface area contributed by atoms with Crippen LogP contribution in [0.4, 0.5) is 19.0 Å². The first-order valence-corrected chi connectivity index (χ1v) is 11.3. The molecular formula is C25H25F3N4O4. The predicted molar refractivity (Wildman–Crippen MR) is 124 cm³/mol. The molecule has 190 valence electrons. The largest absolute Gasteiger partial charge is 0.618 e. The van der Waals surface area contributed by atoms with Gasteiger partial charge >= 0.3 is 0 Å². The SMILES string of the molecule is CC(C(=O)Nc1ccc(Oc2ccc(F)cc2)cn1)N1CCC(F)(F)[C@@H](c2cc[n+]([O-])c(CO)c2)C1. The van der Waals surface area contributed by atoms with Crippen LogP contribution in [0.5, 0.6) is 11.5 Å². The van der Waals surface area contributed by atoms with Gasteiger partial charge in [0.25, 0.3) is 5.92 Å². The number of aliphatic hydroxyl groups excluding tert-OH is 1. The molecule has 1 aliphatic heterocycles. The van der Waals surface area contributed by atoms with Crippen LogP contribution in [-0.2, 0) is 11.4 Å². The lowest BCUT2D eigenvalue weighted by atomic mass is 9.86. The highest BCUT2D eigenvalue weighted by molar-refractivity contribution is 5.93. The Labute approximate surface area is 205 Å². The smallest absolute Gasteiger partial charge is 0.257 e. The molecule has 11 heteroatoms. The van der Waals surface area contributed by atoms with Gasteiger partial charge in [0, 0.05) is 31.6 Å². The van der Waals surface area contributed by atoms with Crippen LogP contribution in [0.15, 0.2) is 60.9 Å². The van der Waals surface area contributed by atoms with Gasteiger partial charge in [-0.25, -0.2) is 18.2 Å². The van der Waals surface area contributed by atoms with Gasteiger partial charge < -0.3 is 20.4 Å². The molecule has 0 saturated carbocycles. The third kappa shape index (κ3) is 5.74. The van der Waals surface area contributed by atoms with E-state index in [1.165, 1.54) is 48.7 Å². The molecule has 1 unspecified atom stereocenters. The van der Waals surface area contributed by atoms with E-state index in [4.69, 9.17) is 4.74 Å². The normalized spacial score (nSPS) is 18.4. The monoisotopic (exact) mass is 502 g/mol. The molecule has 36 heavy (non-hydrogen) atoms. The van der Waals surface area contributed by atoms with Crippen LogP contribution in [0, 0.1) is 11.0 Å². The number of carbonyl (C=O) groups is 1. The molecule has 1 fully saturated rings. The summed E-state index contributed by atoms with van der Waals surface area (Å²) in [6, 6.07) is 10.5. The van der Waals surface area contributed by atoms with Crippen LogP contribution >= 0.6 is 0 Å². The van der Waals surface area contributed by atoms with E-state index in [1.54, 1.807) is 17.9 Å². The van der Waals surface area contributed by atoms with Crippen molar-refractivity contribution >= 4 is 11.7 Å². The zero-order valence-corrected chi connectivity index (χ0v) is 19.4. The first-order chi connectivity index (χ1) is 17.2. The van der Waals surface area contributed by atoms with Gasteiger partial charge in [0.15, 0.2) is 6.20 Å². The number of halogens is 3. The number of aliphatic hydroxyl groups is 1. The van der Waals surface area contributed by atoms with Crippen LogP contribution < -0.4 is 14.8 Å². The Morgan fingerprint density at radius 2 is 2.00 bits per heavy atom. The Balaban J connectivity index is 1.40. The number of ether oxygens (including phenoxy) is 1. The highest BCUT2D eigenvalue weighted by Gasteiger charge is 2.46. The molecule has 2 aromatic heterocycles. The molecule has 1 amide bonds. The molecule has 2 atom stereocenters. The van der Waals surface area contributed by atoms with Gasteiger partial charge in [-0.1, -0.05) is 0 Å². The summed E-state index contributed by atoms with van der Waals surface area (Å²) in [5.74, 6) is -4.00. The topological polar surface area (TPSA) is 102 Å². The second-order valence-corrected chi connectivity index (χ2v) is 8.59. The highest BCUT2D eigenvalue weighted by Crippen LogP contribution is 2.40. The second-order valence-electron chi connectivity index (χ2n) is 8.59. The number of likely N-dealkylation sites (tertiary alicyclic amines) is 1. The first kappa shape index (κ1) is 25.4. The van der Waals surface area contributed by atoms with Crippen molar-refractivity contribution in [3.63, 3.8) is 0 Å². The Kier molecular flexibility index (Phi) is 7.41. The molecule has 0 bridgehead atoms. The number of hydrogen-bond acceptors (Lipinski definition) is 6. The molecular weight excluding hydrogens is 477 g/mol. The van der Waals surface area contributed by atoms with Gasteiger partial charge in [0.2, 0.25) is 11.6 Å². The number of piperidine rings is 1. The Morgan fingerprint density at radius 1 is 1.28 bits per heavy atom. The maximum atomic E-state index is 14.8. The zero-order chi connectivity index (χ0) is 25.9.